The molecular weight excluding hydrogens is 304 g/mol. The molecule has 2 rings (SSSR count). The number of nitrogens with one attached hydrogen (secondary N) is 1. The lowest BCUT2D eigenvalue weighted by molar-refractivity contribution is -0.120. The Bertz CT molecular complexity index is 696. The molecule has 0 aliphatic rings. The highest BCUT2D eigenvalue weighted by molar-refractivity contribution is 5.99. The molecule has 0 bridgehead atoms. The van der Waals surface area contributed by atoms with Crippen LogP contribution in [0.4, 0.5) is 5.69 Å². The number of anilines is 1. The molecule has 0 saturated carbocycles. The minimum atomic E-state index is -0.583. The van der Waals surface area contributed by atoms with Crippen LogP contribution in [0.3, 0.4) is 0 Å². The van der Waals surface area contributed by atoms with Gasteiger partial charge in [0.15, 0.2) is 0 Å². The first-order valence-electron chi connectivity index (χ1n) is 7.82. The maximum Gasteiger partial charge on any atom is 0.274 e. The molecule has 0 aromatic heterocycles. The van der Waals surface area contributed by atoms with E-state index in [1.165, 1.54) is 0 Å². The quantitative estimate of drug-likeness (QED) is 0.655. The van der Waals surface area contributed by atoms with Crippen molar-refractivity contribution in [3.05, 3.63) is 65.7 Å². The van der Waals surface area contributed by atoms with E-state index in [0.717, 1.165) is 5.56 Å². The summed E-state index contributed by atoms with van der Waals surface area (Å²) in [4.78, 5) is 25.9. The minimum Gasteiger partial charge on any atom is -0.315 e. The molecule has 2 aromatic carbocycles. The van der Waals surface area contributed by atoms with Crippen LogP contribution >= 0.6 is 0 Å². The second kappa shape index (κ2) is 7.75. The van der Waals surface area contributed by atoms with Crippen molar-refractivity contribution in [2.75, 3.05) is 11.9 Å². The predicted octanol–water partition coefficient (Wildman–Crippen LogP) is 3.21. The fourth-order valence-electron chi connectivity index (χ4n) is 2.71. The molecule has 0 aliphatic heterocycles. The molecule has 0 heterocycles. The number of carbonyl (C=O) groups excluding carboxylic acids is 2. The average Bonchev–Trinajstić information content (AvgIpc) is 2.61. The number of rotatable bonds is 5. The molecule has 1 atom stereocenters. The number of hydrogen-bond donors (Lipinski definition) is 2. The van der Waals surface area contributed by atoms with Crippen LogP contribution < -0.4 is 10.4 Å². The molecule has 2 amide bonds. The van der Waals surface area contributed by atoms with Crippen LogP contribution in [0.5, 0.6) is 0 Å². The van der Waals surface area contributed by atoms with Crippen LogP contribution in [0.2, 0.25) is 0 Å². The van der Waals surface area contributed by atoms with Gasteiger partial charge in [0.25, 0.3) is 5.91 Å². The van der Waals surface area contributed by atoms with Crippen molar-refractivity contribution < 1.29 is 14.8 Å². The number of hydroxylamine groups is 1. The third-order valence-corrected chi connectivity index (χ3v) is 4.04. The third kappa shape index (κ3) is 3.81. The van der Waals surface area contributed by atoms with Gasteiger partial charge in [-0.3, -0.25) is 14.8 Å². The van der Waals surface area contributed by atoms with Crippen LogP contribution in [-0.2, 0) is 4.79 Å². The van der Waals surface area contributed by atoms with Gasteiger partial charge in [0, 0.05) is 18.3 Å². The number of likely N-dealkylation sites (N-methyl/N-ethyl adjacent to an activating group) is 1. The lowest BCUT2D eigenvalue weighted by Gasteiger charge is -2.27. The molecule has 1 unspecified atom stereocenters. The van der Waals surface area contributed by atoms with E-state index in [2.05, 4.69) is 0 Å². The highest BCUT2D eigenvalue weighted by Crippen LogP contribution is 2.28. The van der Waals surface area contributed by atoms with E-state index < -0.39 is 5.91 Å². The Kier molecular flexibility index (Phi) is 5.71. The molecule has 0 fully saturated rings. The van der Waals surface area contributed by atoms with Crippen LogP contribution in [0.25, 0.3) is 0 Å². The zero-order chi connectivity index (χ0) is 17.7. The van der Waals surface area contributed by atoms with Gasteiger partial charge in [-0.2, -0.15) is 0 Å². The summed E-state index contributed by atoms with van der Waals surface area (Å²) in [6.45, 7) is 4.05. The molecule has 0 radical (unpaired) electrons. The molecule has 2 N–H and O–H groups in total. The number of benzene rings is 2. The van der Waals surface area contributed by atoms with Crippen LogP contribution in [-0.4, -0.2) is 24.1 Å². The van der Waals surface area contributed by atoms with Crippen molar-refractivity contribution in [3.8, 4) is 0 Å². The van der Waals surface area contributed by atoms with Gasteiger partial charge in [0.1, 0.15) is 0 Å². The van der Waals surface area contributed by atoms with Crippen molar-refractivity contribution in [1.82, 2.24) is 5.48 Å². The fraction of sp³-hybridized carbons (Fsp3) is 0.263. The molecule has 24 heavy (non-hydrogen) atoms. The highest BCUT2D eigenvalue weighted by atomic mass is 16.5. The smallest absolute Gasteiger partial charge is 0.274 e. The van der Waals surface area contributed by atoms with Crippen molar-refractivity contribution in [3.63, 3.8) is 0 Å². The summed E-state index contributed by atoms with van der Waals surface area (Å²) in [5.41, 5.74) is 3.59. The van der Waals surface area contributed by atoms with Gasteiger partial charge < -0.3 is 4.90 Å². The number of hydrogen-bond acceptors (Lipinski definition) is 3. The van der Waals surface area contributed by atoms with Gasteiger partial charge in [-0.1, -0.05) is 44.2 Å². The molecule has 5 nitrogen and oxygen atoms in total. The van der Waals surface area contributed by atoms with Crippen molar-refractivity contribution >= 4 is 17.5 Å². The standard InChI is InChI=1S/C19H22N2O3/c1-13(2)17(14-7-5-4-6-8-14)19(23)21(3)16-11-9-15(10-12-16)18(22)20-24/h4-13,17,24H,1-3H3,(H,20,22). The van der Waals surface area contributed by atoms with Crippen molar-refractivity contribution in [2.45, 2.75) is 19.8 Å². The molecule has 126 valence electrons. The third-order valence-electron chi connectivity index (χ3n) is 4.04. The summed E-state index contributed by atoms with van der Waals surface area (Å²) in [5.74, 6) is -0.672. The molecule has 2 aromatic rings. The van der Waals surface area contributed by atoms with Gasteiger partial charge in [-0.15, -0.1) is 0 Å². The Labute approximate surface area is 141 Å². The topological polar surface area (TPSA) is 69.6 Å². The van der Waals surface area contributed by atoms with E-state index in [9.17, 15) is 9.59 Å². The zero-order valence-corrected chi connectivity index (χ0v) is 14.1. The van der Waals surface area contributed by atoms with Crippen molar-refractivity contribution in [1.29, 1.82) is 0 Å². The zero-order valence-electron chi connectivity index (χ0n) is 14.1. The Morgan fingerprint density at radius 3 is 2.08 bits per heavy atom. The molecule has 0 saturated heterocycles. The van der Waals surface area contributed by atoms with E-state index in [4.69, 9.17) is 5.21 Å². The normalized spacial score (nSPS) is 11.9. The summed E-state index contributed by atoms with van der Waals surface area (Å²) in [5, 5.41) is 8.65. The van der Waals surface area contributed by atoms with Crippen LogP contribution in [0, 0.1) is 5.92 Å². The minimum absolute atomic E-state index is 0.00411. The molecular formula is C19H22N2O3. The van der Waals surface area contributed by atoms with Gasteiger partial charge >= 0.3 is 0 Å². The lowest BCUT2D eigenvalue weighted by atomic mass is 9.87. The number of carbonyl (C=O) groups is 2. The Morgan fingerprint density at radius 1 is 1.00 bits per heavy atom. The van der Waals surface area contributed by atoms with E-state index in [-0.39, 0.29) is 17.7 Å². The van der Waals surface area contributed by atoms with Crippen molar-refractivity contribution in [2.24, 2.45) is 5.92 Å². The summed E-state index contributed by atoms with van der Waals surface area (Å²) in [7, 11) is 1.72. The summed E-state index contributed by atoms with van der Waals surface area (Å²) < 4.78 is 0. The fourth-order valence-corrected chi connectivity index (χ4v) is 2.71. The van der Waals surface area contributed by atoms with Gasteiger partial charge in [0.2, 0.25) is 5.91 Å². The van der Waals surface area contributed by atoms with Gasteiger partial charge in [-0.05, 0) is 35.7 Å². The molecule has 0 spiro atoms. The Hall–Kier alpha value is -2.66. The van der Waals surface area contributed by atoms with E-state index in [0.29, 0.717) is 11.3 Å². The van der Waals surface area contributed by atoms with Crippen LogP contribution in [0.1, 0.15) is 35.7 Å². The van der Waals surface area contributed by atoms with Crippen LogP contribution in [0.15, 0.2) is 54.6 Å². The maximum atomic E-state index is 13.0. The second-order valence-corrected chi connectivity index (χ2v) is 6.02. The first-order valence-corrected chi connectivity index (χ1v) is 7.82. The largest absolute Gasteiger partial charge is 0.315 e. The van der Waals surface area contributed by atoms with E-state index >= 15 is 0 Å². The lowest BCUT2D eigenvalue weighted by Crippen LogP contribution is -2.34. The summed E-state index contributed by atoms with van der Waals surface area (Å²) >= 11 is 0. The first kappa shape index (κ1) is 17.7. The monoisotopic (exact) mass is 326 g/mol. The van der Waals surface area contributed by atoms with Gasteiger partial charge in [-0.25, -0.2) is 5.48 Å². The summed E-state index contributed by atoms with van der Waals surface area (Å²) in [6, 6.07) is 16.2. The first-order chi connectivity index (χ1) is 11.5. The Balaban J connectivity index is 2.25. The predicted molar refractivity (Wildman–Crippen MR) is 93.1 cm³/mol. The van der Waals surface area contributed by atoms with E-state index in [1.807, 2.05) is 44.2 Å². The van der Waals surface area contributed by atoms with Gasteiger partial charge in [0.05, 0.1) is 5.92 Å². The molecule has 0 aliphatic carbocycles. The highest BCUT2D eigenvalue weighted by Gasteiger charge is 2.27. The SMILES string of the molecule is CC(C)C(C(=O)N(C)c1ccc(C(=O)NO)cc1)c1ccccc1. The Morgan fingerprint density at radius 2 is 1.58 bits per heavy atom. The number of nitrogens with zero attached hydrogens (tertiary/aromatic N) is 1. The average molecular weight is 326 g/mol. The maximum absolute atomic E-state index is 13.0. The van der Waals surface area contributed by atoms with E-state index in [1.54, 1.807) is 41.7 Å². The summed E-state index contributed by atoms with van der Waals surface area (Å²) in [6.07, 6.45) is 0. The second-order valence-electron chi connectivity index (χ2n) is 6.02. The molecule has 5 heteroatoms. The number of amides is 2.